The first-order valence-electron chi connectivity index (χ1n) is 11.7. The van der Waals surface area contributed by atoms with E-state index in [9.17, 15) is 4.79 Å². The van der Waals surface area contributed by atoms with Gasteiger partial charge in [-0.3, -0.25) is 9.69 Å². The minimum atomic E-state index is 0.0132. The number of amides is 1. The monoisotopic (exact) mass is 426 g/mol. The van der Waals surface area contributed by atoms with Gasteiger partial charge in [0.05, 0.1) is 5.54 Å². The van der Waals surface area contributed by atoms with Crippen LogP contribution in [0.5, 0.6) is 0 Å². The fraction of sp³-hybridized carbons (Fsp3) is 0.625. The Morgan fingerprint density at radius 1 is 1.10 bits per heavy atom. The van der Waals surface area contributed by atoms with Crippen LogP contribution in [0.3, 0.4) is 0 Å². The molecule has 1 aliphatic heterocycles. The van der Waals surface area contributed by atoms with E-state index in [0.29, 0.717) is 23.2 Å². The summed E-state index contributed by atoms with van der Waals surface area (Å²) in [4.78, 5) is 20.3. The number of anilines is 1. The van der Waals surface area contributed by atoms with E-state index in [1.807, 2.05) is 29.2 Å². The predicted molar refractivity (Wildman–Crippen MR) is 120 cm³/mol. The van der Waals surface area contributed by atoms with Gasteiger partial charge in [-0.15, -0.1) is 5.10 Å². The molecule has 5 nitrogen and oxygen atoms in total. The number of fused-ring (bicyclic) bond motifs is 4. The fourth-order valence-electron chi connectivity index (χ4n) is 6.21. The molecule has 3 aliphatic rings. The summed E-state index contributed by atoms with van der Waals surface area (Å²) >= 11 is 6.10. The van der Waals surface area contributed by atoms with Crippen molar-refractivity contribution in [1.29, 1.82) is 0 Å². The third-order valence-electron chi connectivity index (χ3n) is 7.53. The van der Waals surface area contributed by atoms with Crippen molar-refractivity contribution in [3.63, 3.8) is 0 Å². The second kappa shape index (κ2) is 7.99. The molecule has 0 N–H and O–H groups in total. The van der Waals surface area contributed by atoms with Crippen molar-refractivity contribution in [2.45, 2.75) is 89.1 Å². The Labute approximate surface area is 183 Å². The van der Waals surface area contributed by atoms with Gasteiger partial charge in [-0.2, -0.15) is 4.98 Å². The molecule has 5 rings (SSSR count). The maximum absolute atomic E-state index is 13.3. The van der Waals surface area contributed by atoms with Crippen LogP contribution in [0.1, 0.15) is 77.6 Å². The molecular weight excluding hydrogens is 396 g/mol. The van der Waals surface area contributed by atoms with Gasteiger partial charge in [-0.05, 0) is 56.4 Å². The van der Waals surface area contributed by atoms with E-state index < -0.39 is 0 Å². The van der Waals surface area contributed by atoms with Gasteiger partial charge < -0.3 is 0 Å². The smallest absolute Gasteiger partial charge is 0.231 e. The van der Waals surface area contributed by atoms with Crippen LogP contribution < -0.4 is 4.90 Å². The lowest BCUT2D eigenvalue weighted by Gasteiger charge is -2.55. The molecule has 0 bridgehead atoms. The minimum absolute atomic E-state index is 0.0132. The molecule has 1 aromatic carbocycles. The van der Waals surface area contributed by atoms with E-state index in [4.69, 9.17) is 21.7 Å². The highest BCUT2D eigenvalue weighted by atomic mass is 35.5. The maximum Gasteiger partial charge on any atom is 0.231 e. The van der Waals surface area contributed by atoms with E-state index in [1.165, 1.54) is 38.5 Å². The van der Waals surface area contributed by atoms with Crippen LogP contribution in [0.25, 0.3) is 11.4 Å². The zero-order valence-corrected chi connectivity index (χ0v) is 18.6. The molecule has 1 aromatic heterocycles. The summed E-state index contributed by atoms with van der Waals surface area (Å²) in [7, 11) is 0. The molecule has 160 valence electrons. The third kappa shape index (κ3) is 3.17. The van der Waals surface area contributed by atoms with Gasteiger partial charge in [-0.25, -0.2) is 4.68 Å². The topological polar surface area (TPSA) is 51.0 Å². The molecule has 0 radical (unpaired) electrons. The van der Waals surface area contributed by atoms with Crippen LogP contribution in [0.4, 0.5) is 5.95 Å². The second-order valence-electron chi connectivity index (χ2n) is 9.29. The Bertz CT molecular complexity index is 916. The van der Waals surface area contributed by atoms with E-state index >= 15 is 0 Å². The highest BCUT2D eigenvalue weighted by Gasteiger charge is 2.54. The molecule has 2 aromatic rings. The van der Waals surface area contributed by atoms with E-state index in [2.05, 4.69) is 11.6 Å². The molecule has 6 heteroatoms. The number of aromatic nitrogens is 3. The van der Waals surface area contributed by atoms with E-state index in [1.54, 1.807) is 0 Å². The average molecular weight is 427 g/mol. The van der Waals surface area contributed by atoms with Crippen LogP contribution in [-0.2, 0) is 10.3 Å². The SMILES string of the molecule is CCCC(=O)N1c2nc(-c3ccc(Cl)cc3)nn2C2(CCCCC2)C2CCCCC21. The predicted octanol–water partition coefficient (Wildman–Crippen LogP) is 5.96. The van der Waals surface area contributed by atoms with Crippen LogP contribution in [0.2, 0.25) is 5.02 Å². The zero-order valence-electron chi connectivity index (χ0n) is 17.8. The first-order valence-corrected chi connectivity index (χ1v) is 12.1. The van der Waals surface area contributed by atoms with Gasteiger partial charge in [0.25, 0.3) is 0 Å². The van der Waals surface area contributed by atoms with Crippen LogP contribution >= 0.6 is 11.6 Å². The minimum Gasteiger partial charge on any atom is -0.277 e. The normalized spacial score (nSPS) is 25.1. The number of hydrogen-bond acceptors (Lipinski definition) is 3. The molecule has 2 atom stereocenters. The Hall–Kier alpha value is -1.88. The fourth-order valence-corrected chi connectivity index (χ4v) is 6.34. The number of benzene rings is 1. The summed E-state index contributed by atoms with van der Waals surface area (Å²) < 4.78 is 2.19. The Balaban J connectivity index is 1.67. The summed E-state index contributed by atoms with van der Waals surface area (Å²) in [5, 5.41) is 5.79. The first kappa shape index (κ1) is 20.0. The number of carbonyl (C=O) groups excluding carboxylic acids is 1. The highest BCUT2D eigenvalue weighted by Crippen LogP contribution is 2.53. The van der Waals surface area contributed by atoms with Gasteiger partial charge >= 0.3 is 0 Å². The summed E-state index contributed by atoms with van der Waals surface area (Å²) in [5.41, 5.74) is 0.970. The van der Waals surface area contributed by atoms with Crippen molar-refractivity contribution in [1.82, 2.24) is 14.8 Å². The number of rotatable bonds is 3. The molecule has 30 heavy (non-hydrogen) atoms. The Morgan fingerprint density at radius 2 is 1.83 bits per heavy atom. The van der Waals surface area contributed by atoms with E-state index in [0.717, 1.165) is 37.2 Å². The molecule has 2 fully saturated rings. The summed E-state index contributed by atoms with van der Waals surface area (Å²) in [5.74, 6) is 2.18. The Kier molecular flexibility index (Phi) is 5.34. The Morgan fingerprint density at radius 3 is 2.57 bits per heavy atom. The lowest BCUT2D eigenvalue weighted by Crippen LogP contribution is -2.61. The first-order chi connectivity index (χ1) is 14.6. The van der Waals surface area contributed by atoms with Gasteiger partial charge in [0.15, 0.2) is 5.82 Å². The van der Waals surface area contributed by atoms with Crippen molar-refractivity contribution in [3.8, 4) is 11.4 Å². The van der Waals surface area contributed by atoms with Gasteiger partial charge in [0, 0.05) is 29.0 Å². The van der Waals surface area contributed by atoms with Crippen LogP contribution in [0, 0.1) is 5.92 Å². The highest BCUT2D eigenvalue weighted by molar-refractivity contribution is 6.30. The van der Waals surface area contributed by atoms with Crippen molar-refractivity contribution < 1.29 is 4.79 Å². The van der Waals surface area contributed by atoms with Crippen molar-refractivity contribution >= 4 is 23.5 Å². The van der Waals surface area contributed by atoms with Gasteiger partial charge in [0.1, 0.15) is 0 Å². The molecule has 2 unspecified atom stereocenters. The zero-order chi connectivity index (χ0) is 20.7. The van der Waals surface area contributed by atoms with Crippen molar-refractivity contribution in [3.05, 3.63) is 29.3 Å². The van der Waals surface area contributed by atoms with E-state index in [-0.39, 0.29) is 17.5 Å². The van der Waals surface area contributed by atoms with Gasteiger partial charge in [0.2, 0.25) is 11.9 Å². The summed E-state index contributed by atoms with van der Waals surface area (Å²) in [6.45, 7) is 2.08. The quantitative estimate of drug-likeness (QED) is 0.608. The summed E-state index contributed by atoms with van der Waals surface area (Å²) in [6.07, 6.45) is 12.2. The second-order valence-corrected chi connectivity index (χ2v) is 9.73. The molecule has 2 heterocycles. The lowest BCUT2D eigenvalue weighted by molar-refractivity contribution is -0.121. The standard InChI is InChI=1S/C24H31ClN4O/c1-2-8-21(30)28-20-10-5-4-9-19(20)24(15-6-3-7-16-24)29-23(28)26-22(27-29)17-11-13-18(25)14-12-17/h11-14,19-20H,2-10,15-16H2,1H3. The molecular formula is C24H31ClN4O. The average Bonchev–Trinajstić information content (AvgIpc) is 3.21. The largest absolute Gasteiger partial charge is 0.277 e. The molecule has 0 saturated heterocycles. The van der Waals surface area contributed by atoms with Crippen LogP contribution in [0.15, 0.2) is 24.3 Å². The van der Waals surface area contributed by atoms with Gasteiger partial charge in [-0.1, -0.05) is 50.6 Å². The number of nitrogens with zero attached hydrogens (tertiary/aromatic N) is 4. The maximum atomic E-state index is 13.3. The molecule has 2 saturated carbocycles. The summed E-state index contributed by atoms with van der Waals surface area (Å²) in [6, 6.07) is 7.98. The number of hydrogen-bond donors (Lipinski definition) is 0. The third-order valence-corrected chi connectivity index (χ3v) is 7.79. The number of carbonyl (C=O) groups is 1. The number of halogens is 1. The molecule has 1 spiro atoms. The molecule has 2 aliphatic carbocycles. The van der Waals surface area contributed by atoms with Crippen LogP contribution in [-0.4, -0.2) is 26.7 Å². The van der Waals surface area contributed by atoms with Crippen molar-refractivity contribution in [2.24, 2.45) is 5.92 Å². The lowest BCUT2D eigenvalue weighted by atomic mass is 9.64. The molecule has 1 amide bonds. The van der Waals surface area contributed by atoms with Crippen molar-refractivity contribution in [2.75, 3.05) is 4.90 Å².